The lowest BCUT2D eigenvalue weighted by atomic mass is 10.0. The van der Waals surface area contributed by atoms with Gasteiger partial charge in [0.25, 0.3) is 0 Å². The first-order valence-corrected chi connectivity index (χ1v) is 6.90. The van der Waals surface area contributed by atoms with Crippen LogP contribution in [0.4, 0.5) is 0 Å². The summed E-state index contributed by atoms with van der Waals surface area (Å²) < 4.78 is 16.5. The lowest BCUT2D eigenvalue weighted by Gasteiger charge is -2.07. The Balaban J connectivity index is 1.96. The van der Waals surface area contributed by atoms with Crippen molar-refractivity contribution in [1.29, 1.82) is 0 Å². The Hall–Kier alpha value is -2.49. The van der Waals surface area contributed by atoms with E-state index in [1.165, 1.54) is 0 Å². The largest absolute Gasteiger partial charge is 0.466 e. The number of aryl methyl sites for hydroxylation is 3. The predicted molar refractivity (Wildman–Crippen MR) is 79.8 cm³/mol. The molecule has 3 heterocycles. The van der Waals surface area contributed by atoms with Gasteiger partial charge in [0.2, 0.25) is 6.79 Å². The smallest absolute Gasteiger partial charge is 0.231 e. The maximum Gasteiger partial charge on any atom is 0.231 e. The summed E-state index contributed by atoms with van der Waals surface area (Å²) in [6.07, 6.45) is 0. The summed E-state index contributed by atoms with van der Waals surface area (Å²) in [7, 11) is 0. The minimum atomic E-state index is 0.275. The molecule has 4 heteroatoms. The molecule has 1 aliphatic rings. The third-order valence-corrected chi connectivity index (χ3v) is 3.83. The molecular formula is C17H15NO3. The molecule has 0 fully saturated rings. The molecule has 0 amide bonds. The van der Waals surface area contributed by atoms with Crippen molar-refractivity contribution in [3.63, 3.8) is 0 Å². The normalized spacial score (nSPS) is 13.1. The van der Waals surface area contributed by atoms with Crippen LogP contribution >= 0.6 is 0 Å². The third kappa shape index (κ3) is 1.87. The van der Waals surface area contributed by atoms with Gasteiger partial charge in [-0.25, -0.2) is 4.98 Å². The van der Waals surface area contributed by atoms with Gasteiger partial charge in [-0.1, -0.05) is 0 Å². The summed E-state index contributed by atoms with van der Waals surface area (Å²) in [4.78, 5) is 4.76. The van der Waals surface area contributed by atoms with Crippen LogP contribution in [0, 0.1) is 20.8 Å². The first-order chi connectivity index (χ1) is 10.1. The molecule has 106 valence electrons. The monoisotopic (exact) mass is 281 g/mol. The Morgan fingerprint density at radius 2 is 1.71 bits per heavy atom. The number of furan rings is 1. The zero-order valence-electron chi connectivity index (χ0n) is 12.2. The van der Waals surface area contributed by atoms with Crippen molar-refractivity contribution in [2.24, 2.45) is 0 Å². The first kappa shape index (κ1) is 12.3. The van der Waals surface area contributed by atoms with Crippen molar-refractivity contribution in [2.45, 2.75) is 20.8 Å². The molecule has 0 N–H and O–H groups in total. The van der Waals surface area contributed by atoms with Gasteiger partial charge < -0.3 is 13.9 Å². The van der Waals surface area contributed by atoms with E-state index in [4.69, 9.17) is 18.9 Å². The highest BCUT2D eigenvalue weighted by Crippen LogP contribution is 2.38. The Bertz CT molecular complexity index is 864. The van der Waals surface area contributed by atoms with Gasteiger partial charge in [-0.05, 0) is 44.5 Å². The molecule has 1 aromatic carbocycles. The molecule has 1 aliphatic heterocycles. The molecule has 0 aliphatic carbocycles. The minimum absolute atomic E-state index is 0.275. The number of ether oxygens (including phenoxy) is 2. The summed E-state index contributed by atoms with van der Waals surface area (Å²) in [6, 6.07) is 8.05. The maximum atomic E-state index is 5.61. The van der Waals surface area contributed by atoms with Crippen molar-refractivity contribution in [2.75, 3.05) is 6.79 Å². The van der Waals surface area contributed by atoms with Crippen LogP contribution in [-0.2, 0) is 0 Å². The molecule has 4 nitrogen and oxygen atoms in total. The Morgan fingerprint density at radius 3 is 2.43 bits per heavy atom. The average molecular weight is 281 g/mol. The lowest BCUT2D eigenvalue weighted by Crippen LogP contribution is -1.92. The SMILES string of the molecule is Cc1cc(-c2cc(C)c3cc4c(cc3n2)OCO4)c(C)o1. The number of aromatic nitrogens is 1. The van der Waals surface area contributed by atoms with Crippen molar-refractivity contribution in [3.05, 3.63) is 41.3 Å². The zero-order chi connectivity index (χ0) is 14.6. The second-order valence-corrected chi connectivity index (χ2v) is 5.37. The molecule has 0 atom stereocenters. The Labute approximate surface area is 122 Å². The number of nitrogens with zero attached hydrogens (tertiary/aromatic N) is 1. The van der Waals surface area contributed by atoms with Crippen LogP contribution in [0.1, 0.15) is 17.1 Å². The second-order valence-electron chi connectivity index (χ2n) is 5.37. The van der Waals surface area contributed by atoms with Gasteiger partial charge in [0.15, 0.2) is 11.5 Å². The molecule has 4 rings (SSSR count). The highest BCUT2D eigenvalue weighted by molar-refractivity contribution is 5.88. The van der Waals surface area contributed by atoms with Gasteiger partial charge in [-0.15, -0.1) is 0 Å². The maximum absolute atomic E-state index is 5.61. The molecule has 0 spiro atoms. The van der Waals surface area contributed by atoms with Gasteiger partial charge in [0, 0.05) is 17.0 Å². The molecule has 0 radical (unpaired) electrons. The number of rotatable bonds is 1. The topological polar surface area (TPSA) is 44.5 Å². The van der Waals surface area contributed by atoms with Crippen molar-refractivity contribution in [1.82, 2.24) is 4.98 Å². The molecule has 0 saturated carbocycles. The van der Waals surface area contributed by atoms with E-state index in [0.717, 1.165) is 50.7 Å². The summed E-state index contributed by atoms with van der Waals surface area (Å²) in [5.41, 5.74) is 4.03. The van der Waals surface area contributed by atoms with Crippen LogP contribution in [0.2, 0.25) is 0 Å². The van der Waals surface area contributed by atoms with Crippen LogP contribution in [0.3, 0.4) is 0 Å². The third-order valence-electron chi connectivity index (χ3n) is 3.83. The Kier molecular flexibility index (Phi) is 2.48. The van der Waals surface area contributed by atoms with Crippen molar-refractivity contribution in [3.8, 4) is 22.8 Å². The van der Waals surface area contributed by atoms with E-state index in [9.17, 15) is 0 Å². The van der Waals surface area contributed by atoms with E-state index in [1.54, 1.807) is 0 Å². The van der Waals surface area contributed by atoms with Gasteiger partial charge in [-0.2, -0.15) is 0 Å². The van der Waals surface area contributed by atoms with Gasteiger partial charge in [0.1, 0.15) is 11.5 Å². The summed E-state index contributed by atoms with van der Waals surface area (Å²) in [5.74, 6) is 3.33. The summed E-state index contributed by atoms with van der Waals surface area (Å²) in [5, 5.41) is 1.08. The lowest BCUT2D eigenvalue weighted by molar-refractivity contribution is 0.174. The summed E-state index contributed by atoms with van der Waals surface area (Å²) in [6.45, 7) is 6.27. The fraction of sp³-hybridized carbons (Fsp3) is 0.235. The molecule has 3 aromatic rings. The highest BCUT2D eigenvalue weighted by atomic mass is 16.7. The second kappa shape index (κ2) is 4.25. The minimum Gasteiger partial charge on any atom is -0.466 e. The molecule has 0 bridgehead atoms. The number of pyridine rings is 1. The zero-order valence-corrected chi connectivity index (χ0v) is 12.2. The standard InChI is InChI=1S/C17H15NO3/c1-9-4-14(13-5-10(2)21-11(13)3)18-15-7-17-16(6-12(9)15)19-8-20-17/h4-7H,8H2,1-3H3. The van der Waals surface area contributed by atoms with E-state index in [0.29, 0.717) is 0 Å². The average Bonchev–Trinajstić information content (AvgIpc) is 3.02. The molecule has 0 saturated heterocycles. The van der Waals surface area contributed by atoms with E-state index in [1.807, 2.05) is 32.0 Å². The fourth-order valence-electron chi connectivity index (χ4n) is 2.81. The number of hydrogen-bond donors (Lipinski definition) is 0. The molecule has 21 heavy (non-hydrogen) atoms. The predicted octanol–water partition coefficient (Wildman–Crippen LogP) is 4.15. The van der Waals surface area contributed by atoms with Gasteiger partial charge >= 0.3 is 0 Å². The molecular weight excluding hydrogens is 266 g/mol. The van der Waals surface area contributed by atoms with Crippen LogP contribution in [0.25, 0.3) is 22.2 Å². The number of benzene rings is 1. The van der Waals surface area contributed by atoms with Crippen LogP contribution in [-0.4, -0.2) is 11.8 Å². The highest BCUT2D eigenvalue weighted by Gasteiger charge is 2.17. The van der Waals surface area contributed by atoms with Gasteiger partial charge in [-0.3, -0.25) is 0 Å². The number of hydrogen-bond acceptors (Lipinski definition) is 4. The van der Waals surface area contributed by atoms with E-state index < -0.39 is 0 Å². The molecule has 0 unspecified atom stereocenters. The van der Waals surface area contributed by atoms with E-state index in [-0.39, 0.29) is 6.79 Å². The Morgan fingerprint density at radius 1 is 0.952 bits per heavy atom. The van der Waals surface area contributed by atoms with E-state index >= 15 is 0 Å². The quantitative estimate of drug-likeness (QED) is 0.672. The summed E-state index contributed by atoms with van der Waals surface area (Å²) >= 11 is 0. The van der Waals surface area contributed by atoms with Crippen molar-refractivity contribution >= 4 is 10.9 Å². The fourth-order valence-corrected chi connectivity index (χ4v) is 2.81. The number of fused-ring (bicyclic) bond motifs is 2. The van der Waals surface area contributed by atoms with Crippen molar-refractivity contribution < 1.29 is 13.9 Å². The van der Waals surface area contributed by atoms with Crippen LogP contribution in [0.5, 0.6) is 11.5 Å². The van der Waals surface area contributed by atoms with Gasteiger partial charge in [0.05, 0.1) is 11.2 Å². The first-order valence-electron chi connectivity index (χ1n) is 6.90. The van der Waals surface area contributed by atoms with Crippen LogP contribution in [0.15, 0.2) is 28.7 Å². The molecule has 2 aromatic heterocycles. The van der Waals surface area contributed by atoms with Crippen LogP contribution < -0.4 is 9.47 Å². The van der Waals surface area contributed by atoms with E-state index in [2.05, 4.69) is 13.0 Å².